The Labute approximate surface area is 123 Å². The second-order valence-electron chi connectivity index (χ2n) is 4.97. The summed E-state index contributed by atoms with van der Waals surface area (Å²) in [7, 11) is 0. The summed E-state index contributed by atoms with van der Waals surface area (Å²) in [4.78, 5) is 16.7. The van der Waals surface area contributed by atoms with Crippen molar-refractivity contribution in [2.24, 2.45) is 0 Å². The molecular weight excluding hydrogens is 266 g/mol. The molecule has 0 N–H and O–H groups in total. The minimum absolute atomic E-state index is 0.341. The van der Waals surface area contributed by atoms with Gasteiger partial charge in [-0.3, -0.25) is 0 Å². The molecular formula is C17H17NO3. The fourth-order valence-electron chi connectivity index (χ4n) is 2.61. The molecule has 1 aromatic carbocycles. The summed E-state index contributed by atoms with van der Waals surface area (Å²) in [5, 5.41) is 0. The highest BCUT2D eigenvalue weighted by Crippen LogP contribution is 2.33. The number of ether oxygens (including phenoxy) is 2. The van der Waals surface area contributed by atoms with Gasteiger partial charge in [-0.25, -0.2) is 9.78 Å². The van der Waals surface area contributed by atoms with E-state index < -0.39 is 0 Å². The molecule has 0 saturated heterocycles. The summed E-state index contributed by atoms with van der Waals surface area (Å²) < 4.78 is 10.7. The van der Waals surface area contributed by atoms with E-state index in [-0.39, 0.29) is 5.97 Å². The van der Waals surface area contributed by atoms with Gasteiger partial charge < -0.3 is 9.47 Å². The average molecular weight is 283 g/mol. The Hall–Kier alpha value is -2.20. The molecule has 21 heavy (non-hydrogen) atoms. The number of hydrogen-bond donors (Lipinski definition) is 0. The summed E-state index contributed by atoms with van der Waals surface area (Å²) in [6.07, 6.45) is 0. The lowest BCUT2D eigenvalue weighted by Gasteiger charge is -2.13. The summed E-state index contributed by atoms with van der Waals surface area (Å²) in [5.74, 6) is -0.373. The number of rotatable bonds is 3. The number of carbonyl (C=O) groups is 1. The fraction of sp³-hybridized carbons (Fsp3) is 0.294. The number of fused-ring (bicyclic) bond motifs is 1. The average Bonchev–Trinajstić information content (AvgIpc) is 2.99. The number of hydrogen-bond acceptors (Lipinski definition) is 4. The molecule has 0 amide bonds. The molecule has 108 valence electrons. The van der Waals surface area contributed by atoms with Crippen molar-refractivity contribution in [1.29, 1.82) is 0 Å². The van der Waals surface area contributed by atoms with Gasteiger partial charge in [-0.1, -0.05) is 30.3 Å². The number of nitrogens with zero attached hydrogens (tertiary/aromatic N) is 1. The maximum absolute atomic E-state index is 12.1. The molecule has 0 fully saturated rings. The lowest BCUT2D eigenvalue weighted by atomic mass is 9.98. The van der Waals surface area contributed by atoms with Crippen LogP contribution in [-0.4, -0.2) is 17.6 Å². The van der Waals surface area contributed by atoms with Crippen LogP contribution in [0, 0.1) is 6.92 Å². The van der Waals surface area contributed by atoms with E-state index in [0.717, 1.165) is 27.9 Å². The SMILES string of the molecule is CCOC(=O)c1nc(-c2ccccc2)c2c(c1C)COC2. The summed E-state index contributed by atoms with van der Waals surface area (Å²) in [6.45, 7) is 5.10. The van der Waals surface area contributed by atoms with Crippen LogP contribution in [-0.2, 0) is 22.7 Å². The molecule has 0 spiro atoms. The highest BCUT2D eigenvalue weighted by Gasteiger charge is 2.25. The first kappa shape index (κ1) is 13.8. The monoisotopic (exact) mass is 283 g/mol. The summed E-state index contributed by atoms with van der Waals surface area (Å²) >= 11 is 0. The minimum Gasteiger partial charge on any atom is -0.461 e. The van der Waals surface area contributed by atoms with Crippen LogP contribution in [0.2, 0.25) is 0 Å². The van der Waals surface area contributed by atoms with Crippen molar-refractivity contribution in [3.63, 3.8) is 0 Å². The van der Waals surface area contributed by atoms with Crippen LogP contribution in [0.3, 0.4) is 0 Å². The number of pyridine rings is 1. The molecule has 3 rings (SSSR count). The van der Waals surface area contributed by atoms with Gasteiger partial charge in [-0.15, -0.1) is 0 Å². The molecule has 0 saturated carbocycles. The van der Waals surface area contributed by atoms with Crippen molar-refractivity contribution in [3.05, 3.63) is 52.7 Å². The summed E-state index contributed by atoms with van der Waals surface area (Å²) in [6, 6.07) is 9.86. The normalized spacial score (nSPS) is 13.0. The Morgan fingerprint density at radius 2 is 1.95 bits per heavy atom. The first-order valence-electron chi connectivity index (χ1n) is 7.05. The Kier molecular flexibility index (Phi) is 3.71. The van der Waals surface area contributed by atoms with E-state index in [0.29, 0.717) is 25.5 Å². The van der Waals surface area contributed by atoms with E-state index in [9.17, 15) is 4.79 Å². The smallest absolute Gasteiger partial charge is 0.357 e. The molecule has 2 heterocycles. The zero-order chi connectivity index (χ0) is 14.8. The van der Waals surface area contributed by atoms with Crippen molar-refractivity contribution < 1.29 is 14.3 Å². The molecule has 1 aliphatic rings. The Balaban J connectivity index is 2.19. The molecule has 1 aliphatic heterocycles. The van der Waals surface area contributed by atoms with Crippen LogP contribution in [0.25, 0.3) is 11.3 Å². The van der Waals surface area contributed by atoms with E-state index in [1.54, 1.807) is 6.92 Å². The topological polar surface area (TPSA) is 48.4 Å². The van der Waals surface area contributed by atoms with Crippen LogP contribution in [0.15, 0.2) is 30.3 Å². The quantitative estimate of drug-likeness (QED) is 0.811. The van der Waals surface area contributed by atoms with Gasteiger partial charge in [0.15, 0.2) is 5.69 Å². The van der Waals surface area contributed by atoms with Gasteiger partial charge >= 0.3 is 5.97 Å². The highest BCUT2D eigenvalue weighted by molar-refractivity contribution is 5.90. The predicted molar refractivity (Wildman–Crippen MR) is 78.9 cm³/mol. The van der Waals surface area contributed by atoms with Gasteiger partial charge in [0.2, 0.25) is 0 Å². The predicted octanol–water partition coefficient (Wildman–Crippen LogP) is 3.26. The van der Waals surface area contributed by atoms with Crippen LogP contribution in [0.4, 0.5) is 0 Å². The van der Waals surface area contributed by atoms with E-state index in [4.69, 9.17) is 9.47 Å². The second-order valence-corrected chi connectivity index (χ2v) is 4.97. The van der Waals surface area contributed by atoms with Crippen molar-refractivity contribution in [3.8, 4) is 11.3 Å². The third kappa shape index (κ3) is 2.43. The lowest BCUT2D eigenvalue weighted by Crippen LogP contribution is -2.12. The Bertz CT molecular complexity index is 680. The van der Waals surface area contributed by atoms with E-state index >= 15 is 0 Å². The molecule has 2 aromatic rings. The number of aromatic nitrogens is 1. The number of carbonyl (C=O) groups excluding carboxylic acids is 1. The van der Waals surface area contributed by atoms with Crippen LogP contribution < -0.4 is 0 Å². The molecule has 0 radical (unpaired) electrons. The molecule has 1 aromatic heterocycles. The van der Waals surface area contributed by atoms with Gasteiger partial charge in [0.05, 0.1) is 25.5 Å². The minimum atomic E-state index is -0.373. The third-order valence-corrected chi connectivity index (χ3v) is 3.69. The second kappa shape index (κ2) is 5.66. The molecule has 0 unspecified atom stereocenters. The molecule has 0 atom stereocenters. The van der Waals surface area contributed by atoms with E-state index in [1.807, 2.05) is 37.3 Å². The van der Waals surface area contributed by atoms with Gasteiger partial charge in [0.1, 0.15) is 0 Å². The first-order chi connectivity index (χ1) is 10.2. The molecule has 0 bridgehead atoms. The number of benzene rings is 1. The van der Waals surface area contributed by atoms with Crippen molar-refractivity contribution in [1.82, 2.24) is 4.98 Å². The van der Waals surface area contributed by atoms with Crippen molar-refractivity contribution in [2.75, 3.05) is 6.61 Å². The molecule has 0 aliphatic carbocycles. The first-order valence-corrected chi connectivity index (χ1v) is 7.05. The lowest BCUT2D eigenvalue weighted by molar-refractivity contribution is 0.0518. The van der Waals surface area contributed by atoms with Crippen molar-refractivity contribution >= 4 is 5.97 Å². The van der Waals surface area contributed by atoms with Crippen LogP contribution in [0.1, 0.15) is 34.1 Å². The van der Waals surface area contributed by atoms with Crippen LogP contribution >= 0.6 is 0 Å². The maximum atomic E-state index is 12.1. The molecule has 4 heteroatoms. The maximum Gasteiger partial charge on any atom is 0.357 e. The fourth-order valence-corrected chi connectivity index (χ4v) is 2.61. The van der Waals surface area contributed by atoms with E-state index in [1.165, 1.54) is 0 Å². The number of esters is 1. The largest absolute Gasteiger partial charge is 0.461 e. The van der Waals surface area contributed by atoms with Crippen LogP contribution in [0.5, 0.6) is 0 Å². The Morgan fingerprint density at radius 1 is 1.24 bits per heavy atom. The summed E-state index contributed by atoms with van der Waals surface area (Å²) in [5.41, 5.74) is 5.20. The third-order valence-electron chi connectivity index (χ3n) is 3.69. The zero-order valence-corrected chi connectivity index (χ0v) is 12.2. The highest BCUT2D eigenvalue weighted by atomic mass is 16.5. The zero-order valence-electron chi connectivity index (χ0n) is 12.2. The van der Waals surface area contributed by atoms with E-state index in [2.05, 4.69) is 4.98 Å². The molecule has 4 nitrogen and oxygen atoms in total. The van der Waals surface area contributed by atoms with Gasteiger partial charge in [0, 0.05) is 11.1 Å². The van der Waals surface area contributed by atoms with Gasteiger partial charge in [0.25, 0.3) is 0 Å². The standard InChI is InChI=1S/C17H17NO3/c1-3-21-17(19)15-11(2)13-9-20-10-14(13)16(18-15)12-7-5-4-6-8-12/h4-8H,3,9-10H2,1-2H3. The Morgan fingerprint density at radius 3 is 2.67 bits per heavy atom. The van der Waals surface area contributed by atoms with Gasteiger partial charge in [-0.2, -0.15) is 0 Å². The van der Waals surface area contributed by atoms with Crippen molar-refractivity contribution in [2.45, 2.75) is 27.1 Å². The van der Waals surface area contributed by atoms with Gasteiger partial charge in [-0.05, 0) is 25.0 Å².